The molecule has 4 rings (SSSR count). The molecule has 0 amide bonds. The van der Waals surface area contributed by atoms with Crippen LogP contribution in [0, 0.1) is 11.7 Å². The molecule has 0 aliphatic rings. The zero-order valence-corrected chi connectivity index (χ0v) is 16.1. The molecule has 0 aliphatic heterocycles. The highest BCUT2D eigenvalue weighted by atomic mass is 19.1. The van der Waals surface area contributed by atoms with E-state index < -0.39 is 6.10 Å². The van der Waals surface area contributed by atoms with Crippen molar-refractivity contribution in [2.24, 2.45) is 5.92 Å². The Morgan fingerprint density at radius 3 is 2.31 bits per heavy atom. The molecule has 2 heterocycles. The molecule has 2 aromatic heterocycles. The Bertz CT molecular complexity index is 1060. The van der Waals surface area contributed by atoms with E-state index in [0.29, 0.717) is 11.4 Å². The molecule has 0 saturated carbocycles. The van der Waals surface area contributed by atoms with Crippen molar-refractivity contribution in [3.05, 3.63) is 96.2 Å². The second-order valence-corrected chi connectivity index (χ2v) is 7.22. The van der Waals surface area contributed by atoms with Crippen molar-refractivity contribution >= 4 is 0 Å². The molecule has 0 bridgehead atoms. The third-order valence-corrected chi connectivity index (χ3v) is 5.12. The van der Waals surface area contributed by atoms with Gasteiger partial charge in [-0.25, -0.2) is 4.39 Å². The molecule has 0 radical (unpaired) electrons. The van der Waals surface area contributed by atoms with Crippen molar-refractivity contribution in [3.8, 4) is 22.4 Å². The summed E-state index contributed by atoms with van der Waals surface area (Å²) < 4.78 is 13.4. The van der Waals surface area contributed by atoms with Crippen LogP contribution in [0.5, 0.6) is 0 Å². The number of benzene rings is 2. The lowest BCUT2D eigenvalue weighted by atomic mass is 9.90. The predicted octanol–water partition coefficient (Wildman–Crippen LogP) is 5.19. The van der Waals surface area contributed by atoms with Gasteiger partial charge in [0.2, 0.25) is 0 Å². The number of nitrogens with zero attached hydrogens (tertiary/aromatic N) is 2. The maximum atomic E-state index is 13.4. The van der Waals surface area contributed by atoms with Crippen LogP contribution >= 0.6 is 0 Å². The molecule has 2 aromatic carbocycles. The Kier molecular flexibility index (Phi) is 5.49. The Balaban J connectivity index is 1.74. The van der Waals surface area contributed by atoms with Crippen molar-refractivity contribution < 1.29 is 9.50 Å². The van der Waals surface area contributed by atoms with Gasteiger partial charge in [0.25, 0.3) is 0 Å². The fourth-order valence-electron chi connectivity index (χ4n) is 3.58. The van der Waals surface area contributed by atoms with E-state index in [-0.39, 0.29) is 11.7 Å². The quantitative estimate of drug-likeness (QED) is 0.479. The molecule has 146 valence electrons. The van der Waals surface area contributed by atoms with Gasteiger partial charge in [-0.2, -0.15) is 5.10 Å². The summed E-state index contributed by atoms with van der Waals surface area (Å²) in [7, 11) is 0. The molecule has 29 heavy (non-hydrogen) atoms. The number of rotatable bonds is 6. The molecule has 0 aliphatic carbocycles. The summed E-state index contributed by atoms with van der Waals surface area (Å²) in [4.78, 5) is 4.09. The van der Waals surface area contributed by atoms with Gasteiger partial charge in [-0.15, -0.1) is 0 Å². The summed E-state index contributed by atoms with van der Waals surface area (Å²) in [5.41, 5.74) is 4.99. The number of hydrogen-bond donors (Lipinski definition) is 2. The van der Waals surface area contributed by atoms with Crippen LogP contribution in [-0.2, 0) is 6.42 Å². The molecule has 2 N–H and O–H groups in total. The number of pyridine rings is 1. The first kappa shape index (κ1) is 19.0. The van der Waals surface area contributed by atoms with E-state index in [2.05, 4.69) is 27.3 Å². The van der Waals surface area contributed by atoms with Gasteiger partial charge in [-0.1, -0.05) is 37.3 Å². The zero-order valence-electron chi connectivity index (χ0n) is 16.1. The highest BCUT2D eigenvalue weighted by Gasteiger charge is 2.26. The first-order valence-corrected chi connectivity index (χ1v) is 9.60. The van der Waals surface area contributed by atoms with Gasteiger partial charge in [0.15, 0.2) is 0 Å². The minimum Gasteiger partial charge on any atom is -0.387 e. The summed E-state index contributed by atoms with van der Waals surface area (Å²) in [6.45, 7) is 2.02. The van der Waals surface area contributed by atoms with E-state index in [1.165, 1.54) is 17.7 Å². The number of H-pyrrole nitrogens is 1. The number of nitrogens with one attached hydrogen (secondary N) is 1. The molecular weight excluding hydrogens is 365 g/mol. The zero-order chi connectivity index (χ0) is 20.2. The number of aromatic amines is 1. The van der Waals surface area contributed by atoms with Gasteiger partial charge >= 0.3 is 0 Å². The molecule has 0 saturated heterocycles. The minimum absolute atomic E-state index is 0.0282. The Hall–Kier alpha value is -3.31. The third-order valence-electron chi connectivity index (χ3n) is 5.12. The highest BCUT2D eigenvalue weighted by Crippen LogP contribution is 2.38. The van der Waals surface area contributed by atoms with Crippen LogP contribution in [0.25, 0.3) is 22.4 Å². The fourth-order valence-corrected chi connectivity index (χ4v) is 3.58. The van der Waals surface area contributed by atoms with Crippen molar-refractivity contribution in [1.29, 1.82) is 0 Å². The highest BCUT2D eigenvalue weighted by molar-refractivity contribution is 5.82. The normalized spacial score (nSPS) is 13.2. The molecule has 0 fully saturated rings. The third kappa shape index (κ3) is 4.10. The topological polar surface area (TPSA) is 61.8 Å². The average molecular weight is 387 g/mol. The van der Waals surface area contributed by atoms with Crippen molar-refractivity contribution in [1.82, 2.24) is 15.2 Å². The first-order valence-electron chi connectivity index (χ1n) is 9.60. The smallest absolute Gasteiger partial charge is 0.123 e. The molecule has 4 aromatic rings. The average Bonchev–Trinajstić information content (AvgIpc) is 3.20. The second-order valence-electron chi connectivity index (χ2n) is 7.22. The maximum absolute atomic E-state index is 13.4. The van der Waals surface area contributed by atoms with Crippen molar-refractivity contribution in [2.45, 2.75) is 19.4 Å². The first-order chi connectivity index (χ1) is 14.1. The Morgan fingerprint density at radius 1 is 0.931 bits per heavy atom. The van der Waals surface area contributed by atoms with E-state index in [0.717, 1.165) is 23.1 Å². The summed E-state index contributed by atoms with van der Waals surface area (Å²) in [6.07, 6.45) is 3.42. The molecule has 2 unspecified atom stereocenters. The van der Waals surface area contributed by atoms with E-state index in [1.54, 1.807) is 24.5 Å². The van der Waals surface area contributed by atoms with E-state index in [9.17, 15) is 9.50 Å². The lowest BCUT2D eigenvalue weighted by molar-refractivity contribution is 0.114. The van der Waals surface area contributed by atoms with E-state index in [4.69, 9.17) is 0 Å². The Morgan fingerprint density at radius 2 is 1.62 bits per heavy atom. The number of aliphatic hydroxyl groups is 1. The monoisotopic (exact) mass is 387 g/mol. The second kappa shape index (κ2) is 8.37. The van der Waals surface area contributed by atoms with Gasteiger partial charge in [-0.05, 0) is 59.9 Å². The van der Waals surface area contributed by atoms with Crippen LogP contribution < -0.4 is 0 Å². The number of hydrogen-bond acceptors (Lipinski definition) is 3. The summed E-state index contributed by atoms with van der Waals surface area (Å²) in [5, 5.41) is 18.7. The van der Waals surface area contributed by atoms with Gasteiger partial charge in [0.1, 0.15) is 11.5 Å². The van der Waals surface area contributed by atoms with Gasteiger partial charge in [-0.3, -0.25) is 10.1 Å². The lowest BCUT2D eigenvalue weighted by Gasteiger charge is -2.19. The van der Waals surface area contributed by atoms with Crippen molar-refractivity contribution in [2.75, 3.05) is 0 Å². The van der Waals surface area contributed by atoms with Gasteiger partial charge in [0.05, 0.1) is 11.8 Å². The van der Waals surface area contributed by atoms with E-state index in [1.807, 2.05) is 37.3 Å². The standard InChI is InChI=1S/C24H22FN3O/c1-16(15-17-5-3-2-4-6-17)24(29)23-21(18-11-13-26-14-12-18)22(27-28-23)19-7-9-20(25)10-8-19/h2-14,16,24,29H,15H2,1H3,(H,27,28). The molecular formula is C24H22FN3O. The number of aromatic nitrogens is 3. The molecule has 0 spiro atoms. The SMILES string of the molecule is CC(Cc1ccccc1)C(O)c1[nH]nc(-c2ccc(F)cc2)c1-c1ccncc1. The van der Waals surface area contributed by atoms with E-state index >= 15 is 0 Å². The largest absolute Gasteiger partial charge is 0.387 e. The summed E-state index contributed by atoms with van der Waals surface area (Å²) in [6, 6.07) is 20.1. The van der Waals surface area contributed by atoms with Gasteiger partial charge in [0, 0.05) is 23.5 Å². The predicted molar refractivity (Wildman–Crippen MR) is 111 cm³/mol. The van der Waals surface area contributed by atoms with Crippen LogP contribution in [0.1, 0.15) is 24.3 Å². The van der Waals surface area contributed by atoms with Crippen LogP contribution in [0.2, 0.25) is 0 Å². The van der Waals surface area contributed by atoms with Crippen LogP contribution in [0.3, 0.4) is 0 Å². The lowest BCUT2D eigenvalue weighted by Crippen LogP contribution is -2.13. The molecule has 4 nitrogen and oxygen atoms in total. The van der Waals surface area contributed by atoms with Crippen LogP contribution in [0.15, 0.2) is 79.1 Å². The maximum Gasteiger partial charge on any atom is 0.123 e. The van der Waals surface area contributed by atoms with Crippen LogP contribution in [-0.4, -0.2) is 20.3 Å². The fraction of sp³-hybridized carbons (Fsp3) is 0.167. The summed E-state index contributed by atoms with van der Waals surface area (Å²) >= 11 is 0. The minimum atomic E-state index is -0.736. The Labute approximate surface area is 169 Å². The molecule has 2 atom stereocenters. The number of aliphatic hydroxyl groups excluding tert-OH is 1. The van der Waals surface area contributed by atoms with Gasteiger partial charge < -0.3 is 5.11 Å². The number of halogens is 1. The summed E-state index contributed by atoms with van der Waals surface area (Å²) in [5.74, 6) is -0.328. The molecule has 5 heteroatoms. The van der Waals surface area contributed by atoms with Crippen molar-refractivity contribution in [3.63, 3.8) is 0 Å². The van der Waals surface area contributed by atoms with Crippen LogP contribution in [0.4, 0.5) is 4.39 Å².